The standard InChI is InChI=1S/C12H18N2O2/c1-2-13-7-10-3-4-11(8-14-10)16-12-5-6-15-9-12/h3-4,8,12-13H,2,5-7,9H2,1H3. The van der Waals surface area contributed by atoms with E-state index >= 15 is 0 Å². The Hall–Kier alpha value is -1.13. The lowest BCUT2D eigenvalue weighted by Gasteiger charge is -2.11. The summed E-state index contributed by atoms with van der Waals surface area (Å²) in [6, 6.07) is 3.96. The van der Waals surface area contributed by atoms with Crippen molar-refractivity contribution in [3.05, 3.63) is 24.0 Å². The molecule has 1 aromatic rings. The second-order valence-electron chi connectivity index (χ2n) is 3.87. The maximum Gasteiger partial charge on any atom is 0.138 e. The molecule has 1 aliphatic heterocycles. The van der Waals surface area contributed by atoms with Gasteiger partial charge in [-0.05, 0) is 18.7 Å². The number of aromatic nitrogens is 1. The van der Waals surface area contributed by atoms with Crippen molar-refractivity contribution in [3.8, 4) is 5.75 Å². The summed E-state index contributed by atoms with van der Waals surface area (Å²) in [4.78, 5) is 4.33. The summed E-state index contributed by atoms with van der Waals surface area (Å²) in [5.41, 5.74) is 1.04. The summed E-state index contributed by atoms with van der Waals surface area (Å²) in [7, 11) is 0. The van der Waals surface area contributed by atoms with E-state index in [1.165, 1.54) is 0 Å². The molecule has 0 aromatic carbocycles. The van der Waals surface area contributed by atoms with Crippen LogP contribution in [0.25, 0.3) is 0 Å². The fraction of sp³-hybridized carbons (Fsp3) is 0.583. The topological polar surface area (TPSA) is 43.4 Å². The minimum Gasteiger partial charge on any atom is -0.486 e. The van der Waals surface area contributed by atoms with Gasteiger partial charge < -0.3 is 14.8 Å². The first-order chi connectivity index (χ1) is 7.88. The number of hydrogen-bond acceptors (Lipinski definition) is 4. The van der Waals surface area contributed by atoms with E-state index in [9.17, 15) is 0 Å². The van der Waals surface area contributed by atoms with Gasteiger partial charge in [-0.3, -0.25) is 4.98 Å². The summed E-state index contributed by atoms with van der Waals surface area (Å²) < 4.78 is 11.0. The van der Waals surface area contributed by atoms with Gasteiger partial charge in [0.15, 0.2) is 0 Å². The van der Waals surface area contributed by atoms with Crippen LogP contribution in [0, 0.1) is 0 Å². The second-order valence-corrected chi connectivity index (χ2v) is 3.87. The molecule has 0 aliphatic carbocycles. The predicted octanol–water partition coefficient (Wildman–Crippen LogP) is 1.36. The van der Waals surface area contributed by atoms with Gasteiger partial charge in [-0.15, -0.1) is 0 Å². The summed E-state index contributed by atoms with van der Waals surface area (Å²) in [6.07, 6.45) is 2.95. The Morgan fingerprint density at radius 3 is 3.12 bits per heavy atom. The quantitative estimate of drug-likeness (QED) is 0.817. The van der Waals surface area contributed by atoms with Crippen molar-refractivity contribution < 1.29 is 9.47 Å². The van der Waals surface area contributed by atoms with Gasteiger partial charge in [0.05, 0.1) is 25.1 Å². The number of ether oxygens (including phenoxy) is 2. The molecule has 1 unspecified atom stereocenters. The Morgan fingerprint density at radius 2 is 2.50 bits per heavy atom. The van der Waals surface area contributed by atoms with Crippen LogP contribution in [-0.2, 0) is 11.3 Å². The Labute approximate surface area is 96.0 Å². The fourth-order valence-corrected chi connectivity index (χ4v) is 1.64. The molecular formula is C12H18N2O2. The highest BCUT2D eigenvalue weighted by Gasteiger charge is 2.16. The smallest absolute Gasteiger partial charge is 0.138 e. The van der Waals surface area contributed by atoms with E-state index in [4.69, 9.17) is 9.47 Å². The van der Waals surface area contributed by atoms with Crippen molar-refractivity contribution in [1.29, 1.82) is 0 Å². The molecular weight excluding hydrogens is 204 g/mol. The first-order valence-electron chi connectivity index (χ1n) is 5.78. The van der Waals surface area contributed by atoms with Crippen molar-refractivity contribution in [2.45, 2.75) is 26.0 Å². The van der Waals surface area contributed by atoms with Gasteiger partial charge in [0.1, 0.15) is 11.9 Å². The van der Waals surface area contributed by atoms with E-state index in [1.807, 2.05) is 12.1 Å². The van der Waals surface area contributed by atoms with E-state index in [1.54, 1.807) is 6.20 Å². The van der Waals surface area contributed by atoms with Crippen LogP contribution in [0.3, 0.4) is 0 Å². The first kappa shape index (κ1) is 11.4. The third-order valence-electron chi connectivity index (χ3n) is 2.54. The molecule has 1 N–H and O–H groups in total. The maximum absolute atomic E-state index is 5.73. The highest BCUT2D eigenvalue weighted by atomic mass is 16.5. The second kappa shape index (κ2) is 5.82. The van der Waals surface area contributed by atoms with Crippen molar-refractivity contribution in [3.63, 3.8) is 0 Å². The Morgan fingerprint density at radius 1 is 1.56 bits per heavy atom. The average molecular weight is 222 g/mol. The van der Waals surface area contributed by atoms with Crippen LogP contribution >= 0.6 is 0 Å². The van der Waals surface area contributed by atoms with E-state index in [-0.39, 0.29) is 6.10 Å². The molecule has 0 bridgehead atoms. The molecule has 1 fully saturated rings. The maximum atomic E-state index is 5.73. The summed E-state index contributed by atoms with van der Waals surface area (Å²) in [5, 5.41) is 3.23. The van der Waals surface area contributed by atoms with E-state index in [0.717, 1.165) is 37.6 Å². The van der Waals surface area contributed by atoms with Gasteiger partial charge in [-0.1, -0.05) is 6.92 Å². The lowest BCUT2D eigenvalue weighted by atomic mass is 10.3. The molecule has 0 spiro atoms. The zero-order chi connectivity index (χ0) is 11.2. The Bertz CT molecular complexity index is 307. The largest absolute Gasteiger partial charge is 0.486 e. The first-order valence-corrected chi connectivity index (χ1v) is 5.78. The minimum absolute atomic E-state index is 0.196. The van der Waals surface area contributed by atoms with Crippen LogP contribution < -0.4 is 10.1 Å². The van der Waals surface area contributed by atoms with Crippen LogP contribution in [0.4, 0.5) is 0 Å². The number of rotatable bonds is 5. The Balaban J connectivity index is 1.86. The van der Waals surface area contributed by atoms with Crippen LogP contribution in [0.15, 0.2) is 18.3 Å². The molecule has 1 aliphatic rings. The molecule has 0 amide bonds. The van der Waals surface area contributed by atoms with Gasteiger partial charge in [0, 0.05) is 13.0 Å². The molecule has 1 saturated heterocycles. The molecule has 1 aromatic heterocycles. The normalized spacial score (nSPS) is 19.9. The zero-order valence-corrected chi connectivity index (χ0v) is 9.61. The number of pyridine rings is 1. The molecule has 4 nitrogen and oxygen atoms in total. The number of hydrogen-bond donors (Lipinski definition) is 1. The van der Waals surface area contributed by atoms with Crippen LogP contribution in [0.5, 0.6) is 5.75 Å². The van der Waals surface area contributed by atoms with E-state index in [0.29, 0.717) is 6.61 Å². The minimum atomic E-state index is 0.196. The summed E-state index contributed by atoms with van der Waals surface area (Å²) in [5.74, 6) is 0.829. The molecule has 0 radical (unpaired) electrons. The number of nitrogens with one attached hydrogen (secondary N) is 1. The van der Waals surface area contributed by atoms with Gasteiger partial charge >= 0.3 is 0 Å². The zero-order valence-electron chi connectivity index (χ0n) is 9.61. The average Bonchev–Trinajstić information content (AvgIpc) is 2.81. The Kier molecular flexibility index (Phi) is 4.13. The monoisotopic (exact) mass is 222 g/mol. The van der Waals surface area contributed by atoms with Crippen molar-refractivity contribution in [2.75, 3.05) is 19.8 Å². The predicted molar refractivity (Wildman–Crippen MR) is 61.5 cm³/mol. The third-order valence-corrected chi connectivity index (χ3v) is 2.54. The van der Waals surface area contributed by atoms with Crippen molar-refractivity contribution in [1.82, 2.24) is 10.3 Å². The van der Waals surface area contributed by atoms with Crippen LogP contribution in [0.2, 0.25) is 0 Å². The molecule has 0 saturated carbocycles. The lowest BCUT2D eigenvalue weighted by Crippen LogP contribution is -2.16. The summed E-state index contributed by atoms with van der Waals surface area (Å²) >= 11 is 0. The highest BCUT2D eigenvalue weighted by Crippen LogP contribution is 2.15. The van der Waals surface area contributed by atoms with Crippen molar-refractivity contribution >= 4 is 0 Å². The molecule has 2 heterocycles. The molecule has 88 valence electrons. The SMILES string of the molecule is CCNCc1ccc(OC2CCOC2)cn1. The molecule has 16 heavy (non-hydrogen) atoms. The van der Waals surface area contributed by atoms with Gasteiger partial charge in [-0.2, -0.15) is 0 Å². The van der Waals surface area contributed by atoms with Crippen molar-refractivity contribution in [2.24, 2.45) is 0 Å². The third kappa shape index (κ3) is 3.18. The van der Waals surface area contributed by atoms with Crippen LogP contribution in [0.1, 0.15) is 19.0 Å². The number of nitrogens with zero attached hydrogens (tertiary/aromatic N) is 1. The van der Waals surface area contributed by atoms with E-state index < -0.39 is 0 Å². The van der Waals surface area contributed by atoms with Gasteiger partial charge in [0.25, 0.3) is 0 Å². The molecule has 1 atom stereocenters. The summed E-state index contributed by atoms with van der Waals surface area (Å²) in [6.45, 7) is 5.34. The van der Waals surface area contributed by atoms with Gasteiger partial charge in [0.2, 0.25) is 0 Å². The van der Waals surface area contributed by atoms with Gasteiger partial charge in [-0.25, -0.2) is 0 Å². The molecule has 2 rings (SSSR count). The molecule has 4 heteroatoms. The fourth-order valence-electron chi connectivity index (χ4n) is 1.64. The highest BCUT2D eigenvalue weighted by molar-refractivity contribution is 5.20. The lowest BCUT2D eigenvalue weighted by molar-refractivity contribution is 0.141. The van der Waals surface area contributed by atoms with Crippen LogP contribution in [-0.4, -0.2) is 30.8 Å². The van der Waals surface area contributed by atoms with E-state index in [2.05, 4.69) is 17.2 Å².